The van der Waals surface area contributed by atoms with E-state index in [4.69, 9.17) is 0 Å². The molecule has 2 fully saturated rings. The first-order valence-corrected chi connectivity index (χ1v) is 11.1. The lowest BCUT2D eigenvalue weighted by Crippen LogP contribution is -2.55. The molecule has 0 spiro atoms. The van der Waals surface area contributed by atoms with Gasteiger partial charge in [0.15, 0.2) is 0 Å². The highest BCUT2D eigenvalue weighted by Crippen LogP contribution is 2.32. The number of thiophene rings is 1. The summed E-state index contributed by atoms with van der Waals surface area (Å²) in [6.45, 7) is 1.30. The van der Waals surface area contributed by atoms with Crippen LogP contribution < -0.4 is 0 Å². The summed E-state index contributed by atoms with van der Waals surface area (Å²) in [5.74, 6) is 0.213. The van der Waals surface area contributed by atoms with Gasteiger partial charge in [-0.25, -0.2) is 0 Å². The molecule has 5 heteroatoms. The highest BCUT2D eigenvalue weighted by atomic mass is 32.1. The lowest BCUT2D eigenvalue weighted by molar-refractivity contribution is -0.133. The van der Waals surface area contributed by atoms with Crippen molar-refractivity contribution in [2.24, 2.45) is 0 Å². The van der Waals surface area contributed by atoms with Gasteiger partial charge in [-0.15, -0.1) is 11.3 Å². The predicted octanol–water partition coefficient (Wildman–Crippen LogP) is 3.67. The van der Waals surface area contributed by atoms with Crippen molar-refractivity contribution < 1.29 is 9.90 Å². The first kappa shape index (κ1) is 18.9. The molecule has 1 N–H and O–H groups in total. The molecular formula is C22H30N2O2S. The minimum Gasteiger partial charge on any atom is -0.395 e. The molecule has 146 valence electrons. The molecule has 2 aliphatic rings. The second kappa shape index (κ2) is 8.29. The quantitative estimate of drug-likeness (QED) is 0.853. The summed E-state index contributed by atoms with van der Waals surface area (Å²) >= 11 is 1.73. The summed E-state index contributed by atoms with van der Waals surface area (Å²) < 4.78 is 1.25. The third-order valence-electron chi connectivity index (χ3n) is 6.57. The van der Waals surface area contributed by atoms with Gasteiger partial charge >= 0.3 is 0 Å². The standard InChI is InChI=1S/C22H30N2O2S/c1-23(22(26)14-16-6-4-10-21-18(16)11-13-27-21)19-8-2-3-9-20(19)24-12-5-7-17(24)15-25/h4,6,10-11,13,17,19-20,25H,2-3,5,7-9,12,14-15H2,1H3/t17-,19-,20-/m1/s1. The second-order valence-corrected chi connectivity index (χ2v) is 9.01. The Kier molecular flexibility index (Phi) is 5.81. The summed E-state index contributed by atoms with van der Waals surface area (Å²) in [7, 11) is 1.99. The Morgan fingerprint density at radius 3 is 2.93 bits per heavy atom. The lowest BCUT2D eigenvalue weighted by Gasteiger charge is -2.44. The van der Waals surface area contributed by atoms with Crippen molar-refractivity contribution in [3.8, 4) is 0 Å². The van der Waals surface area contributed by atoms with Gasteiger partial charge in [0.05, 0.1) is 13.0 Å². The fourth-order valence-corrected chi connectivity index (χ4v) is 5.94. The molecule has 3 atom stereocenters. The Labute approximate surface area is 165 Å². The molecular weight excluding hydrogens is 356 g/mol. The first-order valence-electron chi connectivity index (χ1n) is 10.3. The Morgan fingerprint density at radius 1 is 1.22 bits per heavy atom. The number of amides is 1. The van der Waals surface area contributed by atoms with Crippen molar-refractivity contribution in [3.05, 3.63) is 35.2 Å². The normalized spacial score (nSPS) is 26.5. The third-order valence-corrected chi connectivity index (χ3v) is 7.45. The van der Waals surface area contributed by atoms with Crippen LogP contribution in [-0.4, -0.2) is 59.1 Å². The molecule has 2 heterocycles. The molecule has 27 heavy (non-hydrogen) atoms. The van der Waals surface area contributed by atoms with Crippen molar-refractivity contribution in [1.29, 1.82) is 0 Å². The Balaban J connectivity index is 1.50. The summed E-state index contributed by atoms with van der Waals surface area (Å²) in [5, 5.41) is 13.1. The minimum atomic E-state index is 0.213. The number of likely N-dealkylation sites (tertiary alicyclic amines) is 1. The van der Waals surface area contributed by atoms with Crippen LogP contribution in [0.25, 0.3) is 10.1 Å². The van der Waals surface area contributed by atoms with Crippen LogP contribution in [0.1, 0.15) is 44.1 Å². The summed E-state index contributed by atoms with van der Waals surface area (Å²) in [4.78, 5) is 17.7. The molecule has 1 saturated carbocycles. The number of rotatable bonds is 5. The van der Waals surface area contributed by atoms with Crippen LogP contribution in [0.5, 0.6) is 0 Å². The lowest BCUT2D eigenvalue weighted by atomic mass is 9.87. The zero-order valence-corrected chi connectivity index (χ0v) is 17.0. The van der Waals surface area contributed by atoms with Gasteiger partial charge in [-0.05, 0) is 60.7 Å². The molecule has 4 rings (SSSR count). The Bertz CT molecular complexity index is 789. The zero-order chi connectivity index (χ0) is 18.8. The second-order valence-electron chi connectivity index (χ2n) is 8.07. The van der Waals surface area contributed by atoms with Crippen LogP contribution in [0.15, 0.2) is 29.6 Å². The molecule has 1 aromatic carbocycles. The number of nitrogens with zero attached hydrogens (tertiary/aromatic N) is 2. The smallest absolute Gasteiger partial charge is 0.227 e. The number of aliphatic hydroxyl groups excluding tert-OH is 1. The average Bonchev–Trinajstić information content (AvgIpc) is 3.36. The first-order chi connectivity index (χ1) is 13.2. The highest BCUT2D eigenvalue weighted by molar-refractivity contribution is 7.17. The van der Waals surface area contributed by atoms with Gasteiger partial charge in [0.2, 0.25) is 5.91 Å². The van der Waals surface area contributed by atoms with Gasteiger partial charge in [-0.1, -0.05) is 25.0 Å². The van der Waals surface area contributed by atoms with Gasteiger partial charge in [0, 0.05) is 29.9 Å². The number of carbonyl (C=O) groups excluding carboxylic acids is 1. The fourth-order valence-electron chi connectivity index (χ4n) is 5.10. The number of likely N-dealkylation sites (N-methyl/N-ethyl adjacent to an activating group) is 1. The van der Waals surface area contributed by atoms with E-state index in [2.05, 4.69) is 34.5 Å². The highest BCUT2D eigenvalue weighted by Gasteiger charge is 2.39. The van der Waals surface area contributed by atoms with Crippen LogP contribution in [-0.2, 0) is 11.2 Å². The van der Waals surface area contributed by atoms with Crippen molar-refractivity contribution >= 4 is 27.3 Å². The maximum Gasteiger partial charge on any atom is 0.227 e. The molecule has 1 aliphatic heterocycles. The number of aliphatic hydroxyl groups is 1. The van der Waals surface area contributed by atoms with Crippen LogP contribution >= 0.6 is 11.3 Å². The van der Waals surface area contributed by atoms with Crippen molar-refractivity contribution in [1.82, 2.24) is 9.80 Å². The molecule has 0 radical (unpaired) electrons. The summed E-state index contributed by atoms with van der Waals surface area (Å²) in [6, 6.07) is 9.32. The van der Waals surface area contributed by atoms with E-state index in [0.717, 1.165) is 37.8 Å². The van der Waals surface area contributed by atoms with E-state index >= 15 is 0 Å². The molecule has 1 aromatic heterocycles. The number of carbonyl (C=O) groups is 1. The zero-order valence-electron chi connectivity index (χ0n) is 16.1. The van der Waals surface area contributed by atoms with E-state index in [1.807, 2.05) is 11.9 Å². The van der Waals surface area contributed by atoms with Gasteiger partial charge < -0.3 is 10.0 Å². The minimum absolute atomic E-state index is 0.213. The SMILES string of the molecule is CN(C(=O)Cc1cccc2sccc12)[C@@H]1CCCC[C@H]1N1CCC[C@@H]1CO. The monoisotopic (exact) mass is 386 g/mol. The van der Waals surface area contributed by atoms with Crippen molar-refractivity contribution in [3.63, 3.8) is 0 Å². The van der Waals surface area contributed by atoms with Crippen LogP contribution in [0, 0.1) is 0 Å². The summed E-state index contributed by atoms with van der Waals surface area (Å²) in [5.41, 5.74) is 1.13. The molecule has 0 unspecified atom stereocenters. The topological polar surface area (TPSA) is 43.8 Å². The van der Waals surface area contributed by atoms with Gasteiger partial charge in [0.1, 0.15) is 0 Å². The van der Waals surface area contributed by atoms with Crippen molar-refractivity contribution in [2.75, 3.05) is 20.2 Å². The van der Waals surface area contributed by atoms with Crippen LogP contribution in [0.2, 0.25) is 0 Å². The molecule has 1 aliphatic carbocycles. The molecule has 4 nitrogen and oxygen atoms in total. The third kappa shape index (κ3) is 3.78. The number of benzene rings is 1. The van der Waals surface area contributed by atoms with Gasteiger partial charge in [-0.2, -0.15) is 0 Å². The van der Waals surface area contributed by atoms with E-state index in [0.29, 0.717) is 12.5 Å². The Hall–Kier alpha value is -1.43. The molecule has 1 amide bonds. The fraction of sp³-hybridized carbons (Fsp3) is 0.591. The Morgan fingerprint density at radius 2 is 2.07 bits per heavy atom. The van der Waals surface area contributed by atoms with Crippen LogP contribution in [0.4, 0.5) is 0 Å². The number of hydrogen-bond acceptors (Lipinski definition) is 4. The van der Waals surface area contributed by atoms with Gasteiger partial charge in [-0.3, -0.25) is 9.69 Å². The van der Waals surface area contributed by atoms with E-state index in [1.54, 1.807) is 11.3 Å². The molecule has 1 saturated heterocycles. The van der Waals surface area contributed by atoms with E-state index in [9.17, 15) is 9.90 Å². The molecule has 0 bridgehead atoms. The van der Waals surface area contributed by atoms with E-state index < -0.39 is 0 Å². The van der Waals surface area contributed by atoms with E-state index in [1.165, 1.54) is 22.9 Å². The van der Waals surface area contributed by atoms with Crippen molar-refractivity contribution in [2.45, 2.75) is 63.1 Å². The maximum atomic E-state index is 13.2. The number of fused-ring (bicyclic) bond motifs is 1. The largest absolute Gasteiger partial charge is 0.395 e. The predicted molar refractivity (Wildman–Crippen MR) is 111 cm³/mol. The van der Waals surface area contributed by atoms with E-state index in [-0.39, 0.29) is 24.6 Å². The molecule has 2 aromatic rings. The van der Waals surface area contributed by atoms with Crippen LogP contribution in [0.3, 0.4) is 0 Å². The maximum absolute atomic E-state index is 13.2. The average molecular weight is 387 g/mol. The summed E-state index contributed by atoms with van der Waals surface area (Å²) in [6.07, 6.45) is 7.34. The number of hydrogen-bond donors (Lipinski definition) is 1. The van der Waals surface area contributed by atoms with Gasteiger partial charge in [0.25, 0.3) is 0 Å².